The zero-order valence-corrected chi connectivity index (χ0v) is 32.0. The third-order valence-corrected chi connectivity index (χ3v) is 10.2. The van der Waals surface area contributed by atoms with Crippen LogP contribution in [0.1, 0.15) is 66.8 Å². The van der Waals surface area contributed by atoms with Crippen LogP contribution in [0.5, 0.6) is 5.75 Å². The summed E-state index contributed by atoms with van der Waals surface area (Å²) in [4.78, 5) is 22.8. The number of alkyl halides is 9. The molecule has 0 amide bonds. The van der Waals surface area contributed by atoms with Gasteiger partial charge in [-0.15, -0.1) is 12.4 Å². The Morgan fingerprint density at radius 2 is 1.39 bits per heavy atom. The molecule has 1 saturated carbocycles. The summed E-state index contributed by atoms with van der Waals surface area (Å²) in [7, 11) is -3.37. The molecule has 0 atom stereocenters. The average molecular weight is 849 g/mol. The standard InChI is InChI=1S/C36H41F9N4O5S.ClH/c1-3-48(21-24-6-4-23(5-7-24)16-32(50)51)31-9-8-27(34(37,38)39)17-26(31)22-49(33-46-19-30(20-47-33)54-12-13-55(2,52)53)11-10-25-14-28(35(40,41)42)18-29(15-25)36(43,44)45;/h8-9,14-15,17-20,23-24H,3-7,10-13,16,21-22H2,1-2H3,(H,50,51);1H. The van der Waals surface area contributed by atoms with Crippen LogP contribution in [0, 0.1) is 11.8 Å². The second-order valence-electron chi connectivity index (χ2n) is 13.6. The molecule has 0 aliphatic heterocycles. The molecule has 1 N–H and O–H groups in total. The number of hydrogen-bond donors (Lipinski definition) is 1. The lowest BCUT2D eigenvalue weighted by Crippen LogP contribution is -2.34. The summed E-state index contributed by atoms with van der Waals surface area (Å²) in [6.07, 6.45) is -9.22. The number of sulfone groups is 1. The topological polar surface area (TPSA) is 113 Å². The Balaban J connectivity index is 0.00000841. The number of benzene rings is 2. The fourth-order valence-electron chi connectivity index (χ4n) is 6.51. The number of halogens is 10. The summed E-state index contributed by atoms with van der Waals surface area (Å²) >= 11 is 0. The molecule has 20 heteroatoms. The minimum Gasteiger partial charge on any atom is -0.489 e. The van der Waals surface area contributed by atoms with E-state index >= 15 is 0 Å². The zero-order valence-electron chi connectivity index (χ0n) is 30.3. The summed E-state index contributed by atoms with van der Waals surface area (Å²) in [6.45, 7) is 1.70. The minimum atomic E-state index is -5.10. The highest BCUT2D eigenvalue weighted by Crippen LogP contribution is 2.38. The van der Waals surface area contributed by atoms with Gasteiger partial charge in [0.1, 0.15) is 6.61 Å². The highest BCUT2D eigenvalue weighted by atomic mass is 35.5. The second kappa shape index (κ2) is 19.0. The number of aliphatic carboxylic acids is 1. The summed E-state index contributed by atoms with van der Waals surface area (Å²) in [5, 5.41) is 9.18. The number of carbonyl (C=O) groups is 1. The predicted octanol–water partition coefficient (Wildman–Crippen LogP) is 8.73. The van der Waals surface area contributed by atoms with E-state index in [1.807, 2.05) is 11.8 Å². The summed E-state index contributed by atoms with van der Waals surface area (Å²) in [5.74, 6) is -1.17. The lowest BCUT2D eigenvalue weighted by atomic mass is 9.80. The van der Waals surface area contributed by atoms with Crippen LogP contribution in [0.2, 0.25) is 0 Å². The van der Waals surface area contributed by atoms with E-state index in [4.69, 9.17) is 4.74 Å². The van der Waals surface area contributed by atoms with Crippen LogP contribution in [0.3, 0.4) is 0 Å². The van der Waals surface area contributed by atoms with Gasteiger partial charge in [-0.05, 0) is 98.4 Å². The molecule has 0 bridgehead atoms. The molecular weight excluding hydrogens is 807 g/mol. The number of ether oxygens (including phenoxy) is 1. The molecule has 4 rings (SSSR count). The molecule has 312 valence electrons. The lowest BCUT2D eigenvalue weighted by molar-refractivity contribution is -0.143. The number of rotatable bonds is 16. The van der Waals surface area contributed by atoms with E-state index in [0.29, 0.717) is 56.6 Å². The van der Waals surface area contributed by atoms with Crippen LogP contribution in [-0.4, -0.2) is 67.7 Å². The molecule has 3 aromatic rings. The Kier molecular flexibility index (Phi) is 15.7. The fourth-order valence-corrected chi connectivity index (χ4v) is 6.90. The highest BCUT2D eigenvalue weighted by Gasteiger charge is 2.37. The number of aromatic nitrogens is 2. The zero-order chi connectivity index (χ0) is 40.8. The summed E-state index contributed by atoms with van der Waals surface area (Å²) in [6, 6.07) is 4.33. The largest absolute Gasteiger partial charge is 0.489 e. The van der Waals surface area contributed by atoms with E-state index in [9.17, 15) is 57.8 Å². The van der Waals surface area contributed by atoms with Crippen molar-refractivity contribution in [2.75, 3.05) is 48.0 Å². The van der Waals surface area contributed by atoms with Gasteiger partial charge < -0.3 is 19.6 Å². The monoisotopic (exact) mass is 848 g/mol. The highest BCUT2D eigenvalue weighted by molar-refractivity contribution is 7.90. The minimum absolute atomic E-state index is 0. The quantitative estimate of drug-likeness (QED) is 0.142. The number of carboxylic acids is 1. The smallest absolute Gasteiger partial charge is 0.416 e. The van der Waals surface area contributed by atoms with Crippen molar-refractivity contribution in [2.24, 2.45) is 11.8 Å². The Hall–Kier alpha value is -4.00. The second-order valence-corrected chi connectivity index (χ2v) is 15.9. The number of anilines is 2. The van der Waals surface area contributed by atoms with Crippen LogP contribution in [0.25, 0.3) is 0 Å². The van der Waals surface area contributed by atoms with Crippen molar-refractivity contribution in [3.8, 4) is 5.75 Å². The van der Waals surface area contributed by atoms with Crippen molar-refractivity contribution in [1.82, 2.24) is 9.97 Å². The van der Waals surface area contributed by atoms with Gasteiger partial charge in [-0.1, -0.05) is 0 Å². The van der Waals surface area contributed by atoms with Crippen molar-refractivity contribution >= 4 is 39.8 Å². The molecule has 0 radical (unpaired) electrons. The molecule has 1 aliphatic rings. The molecule has 1 fully saturated rings. The van der Waals surface area contributed by atoms with Crippen LogP contribution >= 0.6 is 12.4 Å². The van der Waals surface area contributed by atoms with Crippen LogP contribution in [-0.2, 0) is 46.1 Å². The first kappa shape index (κ1) is 46.4. The normalized spacial score (nSPS) is 16.6. The Morgan fingerprint density at radius 1 is 0.839 bits per heavy atom. The van der Waals surface area contributed by atoms with E-state index in [-0.39, 0.29) is 85.0 Å². The molecular formula is C36H42ClF9N4O5S. The number of hydrogen-bond acceptors (Lipinski definition) is 8. The molecule has 1 aromatic heterocycles. The van der Waals surface area contributed by atoms with Gasteiger partial charge in [0.05, 0.1) is 34.8 Å². The van der Waals surface area contributed by atoms with E-state index in [0.717, 1.165) is 30.8 Å². The first-order chi connectivity index (χ1) is 25.5. The van der Waals surface area contributed by atoms with Crippen molar-refractivity contribution in [3.63, 3.8) is 0 Å². The van der Waals surface area contributed by atoms with Gasteiger partial charge >= 0.3 is 24.5 Å². The molecule has 0 unspecified atom stereocenters. The van der Waals surface area contributed by atoms with Gasteiger partial charge in [-0.3, -0.25) is 4.79 Å². The van der Waals surface area contributed by atoms with Crippen molar-refractivity contribution in [2.45, 2.75) is 70.5 Å². The number of nitrogens with zero attached hydrogens (tertiary/aromatic N) is 4. The summed E-state index contributed by atoms with van der Waals surface area (Å²) in [5.41, 5.74) is -3.83. The molecule has 56 heavy (non-hydrogen) atoms. The first-order valence-corrected chi connectivity index (χ1v) is 19.4. The van der Waals surface area contributed by atoms with Gasteiger partial charge in [0.2, 0.25) is 5.95 Å². The van der Waals surface area contributed by atoms with Crippen LogP contribution < -0.4 is 14.5 Å². The SMILES string of the molecule is CCN(CC1CCC(CC(=O)O)CC1)c1ccc(C(F)(F)F)cc1CN(CCc1cc(C(F)(F)F)cc(C(F)(F)F)c1)c1ncc(OCCS(C)(=O)=O)cn1.Cl. The maximum absolute atomic E-state index is 14.1. The Morgan fingerprint density at radius 3 is 1.89 bits per heavy atom. The Labute approximate surface area is 324 Å². The molecule has 2 aromatic carbocycles. The van der Waals surface area contributed by atoms with E-state index in [1.165, 1.54) is 11.0 Å². The number of carboxylic acid groups (broad SMARTS) is 1. The average Bonchev–Trinajstić information content (AvgIpc) is 3.08. The van der Waals surface area contributed by atoms with Crippen molar-refractivity contribution in [1.29, 1.82) is 0 Å². The Bertz CT molecular complexity index is 1840. The van der Waals surface area contributed by atoms with Gasteiger partial charge in [-0.25, -0.2) is 18.4 Å². The van der Waals surface area contributed by atoms with Crippen molar-refractivity contribution in [3.05, 3.63) is 76.6 Å². The van der Waals surface area contributed by atoms with Crippen molar-refractivity contribution < 1.29 is 62.6 Å². The molecule has 0 spiro atoms. The first-order valence-electron chi connectivity index (χ1n) is 17.3. The van der Waals surface area contributed by atoms with Gasteiger partial charge in [0, 0.05) is 44.5 Å². The van der Waals surface area contributed by atoms with Gasteiger partial charge in [-0.2, -0.15) is 39.5 Å². The van der Waals surface area contributed by atoms with Crippen LogP contribution in [0.15, 0.2) is 48.8 Å². The molecule has 1 aliphatic carbocycles. The summed E-state index contributed by atoms with van der Waals surface area (Å²) < 4.78 is 152. The van der Waals surface area contributed by atoms with E-state index in [1.54, 1.807) is 0 Å². The fraction of sp³-hybridized carbons (Fsp3) is 0.528. The van der Waals surface area contributed by atoms with Crippen LogP contribution in [0.4, 0.5) is 51.1 Å². The van der Waals surface area contributed by atoms with Gasteiger partial charge in [0.25, 0.3) is 0 Å². The predicted molar refractivity (Wildman–Crippen MR) is 193 cm³/mol. The van der Waals surface area contributed by atoms with E-state index < -0.39 is 57.4 Å². The van der Waals surface area contributed by atoms with E-state index in [2.05, 4.69) is 9.97 Å². The molecule has 1 heterocycles. The lowest BCUT2D eigenvalue weighted by Gasteiger charge is -2.35. The third-order valence-electron chi connectivity index (χ3n) is 9.34. The molecule has 0 saturated heterocycles. The van der Waals surface area contributed by atoms with Gasteiger partial charge in [0.15, 0.2) is 15.6 Å². The molecule has 9 nitrogen and oxygen atoms in total. The third kappa shape index (κ3) is 13.9. The maximum atomic E-state index is 14.1. The maximum Gasteiger partial charge on any atom is 0.416 e.